The molecule has 0 bridgehead atoms. The summed E-state index contributed by atoms with van der Waals surface area (Å²) in [5.74, 6) is 1.37. The first-order valence-electron chi connectivity index (χ1n) is 6.23. The van der Waals surface area contributed by atoms with E-state index in [-0.39, 0.29) is 0 Å². The lowest BCUT2D eigenvalue weighted by atomic mass is 10.2. The van der Waals surface area contributed by atoms with Gasteiger partial charge in [0.1, 0.15) is 0 Å². The smallest absolute Gasteiger partial charge is 0.0201 e. The van der Waals surface area contributed by atoms with Crippen LogP contribution in [0.3, 0.4) is 0 Å². The summed E-state index contributed by atoms with van der Waals surface area (Å²) in [5, 5.41) is 4.60. The van der Waals surface area contributed by atoms with Crippen molar-refractivity contribution in [2.75, 3.05) is 12.3 Å². The van der Waals surface area contributed by atoms with E-state index in [1.807, 2.05) is 0 Å². The maximum atomic E-state index is 3.69. The van der Waals surface area contributed by atoms with Crippen molar-refractivity contribution in [2.24, 2.45) is 0 Å². The van der Waals surface area contributed by atoms with Gasteiger partial charge in [0.15, 0.2) is 0 Å². The third kappa shape index (κ3) is 4.22. The number of thioether (sulfide) groups is 1. The Morgan fingerprint density at radius 1 is 1.21 bits per heavy atom. The Morgan fingerprint density at radius 2 is 2.07 bits per heavy atom. The second kappa shape index (κ2) is 7.58. The molecule has 0 aromatic heterocycles. The SMILES string of the molecule is CCCCSC1CCCC1NCCC. The molecule has 2 unspecified atom stereocenters. The molecule has 0 heterocycles. The second-order valence-corrected chi connectivity index (χ2v) is 5.60. The molecule has 1 nitrogen and oxygen atoms in total. The van der Waals surface area contributed by atoms with Crippen LogP contribution in [-0.2, 0) is 0 Å². The lowest BCUT2D eigenvalue weighted by molar-refractivity contribution is 0.530. The summed E-state index contributed by atoms with van der Waals surface area (Å²) in [6.45, 7) is 5.73. The quantitative estimate of drug-likeness (QED) is 0.653. The molecule has 1 rings (SSSR count). The minimum absolute atomic E-state index is 0.816. The first-order valence-corrected chi connectivity index (χ1v) is 7.28. The fraction of sp³-hybridized carbons (Fsp3) is 1.00. The van der Waals surface area contributed by atoms with Gasteiger partial charge in [0.2, 0.25) is 0 Å². The summed E-state index contributed by atoms with van der Waals surface area (Å²) >= 11 is 2.20. The lowest BCUT2D eigenvalue weighted by Crippen LogP contribution is -2.34. The predicted octanol–water partition coefficient (Wildman–Crippen LogP) is 3.44. The predicted molar refractivity (Wildman–Crippen MR) is 67.1 cm³/mol. The summed E-state index contributed by atoms with van der Waals surface area (Å²) in [5.41, 5.74) is 0. The lowest BCUT2D eigenvalue weighted by Gasteiger charge is -2.20. The van der Waals surface area contributed by atoms with Gasteiger partial charge in [0, 0.05) is 11.3 Å². The Kier molecular flexibility index (Phi) is 6.70. The molecule has 1 aliphatic carbocycles. The van der Waals surface area contributed by atoms with E-state index in [9.17, 15) is 0 Å². The number of hydrogen-bond acceptors (Lipinski definition) is 2. The number of unbranched alkanes of at least 4 members (excludes halogenated alkanes) is 1. The Balaban J connectivity index is 2.14. The highest BCUT2D eigenvalue weighted by Crippen LogP contribution is 2.30. The summed E-state index contributed by atoms with van der Waals surface area (Å²) in [7, 11) is 0. The molecule has 0 aromatic carbocycles. The van der Waals surface area contributed by atoms with E-state index in [1.54, 1.807) is 0 Å². The van der Waals surface area contributed by atoms with Gasteiger partial charge in [-0.05, 0) is 38.0 Å². The van der Waals surface area contributed by atoms with E-state index >= 15 is 0 Å². The second-order valence-electron chi connectivity index (χ2n) is 4.25. The molecule has 14 heavy (non-hydrogen) atoms. The van der Waals surface area contributed by atoms with Gasteiger partial charge in [0.25, 0.3) is 0 Å². The summed E-state index contributed by atoms with van der Waals surface area (Å²) in [6.07, 6.45) is 8.28. The van der Waals surface area contributed by atoms with E-state index in [2.05, 4.69) is 30.9 Å². The molecule has 0 radical (unpaired) electrons. The molecule has 1 saturated carbocycles. The zero-order valence-electron chi connectivity index (χ0n) is 9.72. The molecule has 0 spiro atoms. The maximum Gasteiger partial charge on any atom is 0.0201 e. The van der Waals surface area contributed by atoms with E-state index in [0.717, 1.165) is 11.3 Å². The van der Waals surface area contributed by atoms with E-state index in [1.165, 1.54) is 50.8 Å². The van der Waals surface area contributed by atoms with E-state index in [4.69, 9.17) is 0 Å². The van der Waals surface area contributed by atoms with Crippen molar-refractivity contribution >= 4 is 11.8 Å². The minimum Gasteiger partial charge on any atom is -0.313 e. The van der Waals surface area contributed by atoms with Gasteiger partial charge in [0.05, 0.1) is 0 Å². The van der Waals surface area contributed by atoms with Crippen LogP contribution >= 0.6 is 11.8 Å². The van der Waals surface area contributed by atoms with Crippen molar-refractivity contribution in [1.29, 1.82) is 0 Å². The molecular formula is C12H25NS. The third-order valence-electron chi connectivity index (χ3n) is 2.94. The van der Waals surface area contributed by atoms with Gasteiger partial charge in [-0.3, -0.25) is 0 Å². The van der Waals surface area contributed by atoms with Crippen LogP contribution in [0.2, 0.25) is 0 Å². The van der Waals surface area contributed by atoms with Gasteiger partial charge in [-0.2, -0.15) is 11.8 Å². The summed E-state index contributed by atoms with van der Waals surface area (Å²) in [6, 6.07) is 0.816. The van der Waals surface area contributed by atoms with Gasteiger partial charge in [-0.15, -0.1) is 0 Å². The fourth-order valence-electron chi connectivity index (χ4n) is 2.07. The molecule has 2 heteroatoms. The highest BCUT2D eigenvalue weighted by atomic mass is 32.2. The van der Waals surface area contributed by atoms with Crippen molar-refractivity contribution in [3.05, 3.63) is 0 Å². The zero-order chi connectivity index (χ0) is 10.2. The van der Waals surface area contributed by atoms with Crippen LogP contribution in [0.5, 0.6) is 0 Å². The Morgan fingerprint density at radius 3 is 2.79 bits per heavy atom. The van der Waals surface area contributed by atoms with Crippen LogP contribution in [0.4, 0.5) is 0 Å². The molecule has 2 atom stereocenters. The molecule has 1 aliphatic rings. The van der Waals surface area contributed by atoms with Gasteiger partial charge in [-0.1, -0.05) is 26.7 Å². The minimum atomic E-state index is 0.816. The largest absolute Gasteiger partial charge is 0.313 e. The van der Waals surface area contributed by atoms with Gasteiger partial charge >= 0.3 is 0 Å². The van der Waals surface area contributed by atoms with Crippen molar-refractivity contribution in [3.8, 4) is 0 Å². The van der Waals surface area contributed by atoms with Crippen LogP contribution in [0.25, 0.3) is 0 Å². The molecule has 84 valence electrons. The Labute approximate surface area is 93.4 Å². The van der Waals surface area contributed by atoms with E-state index < -0.39 is 0 Å². The first kappa shape index (κ1) is 12.4. The van der Waals surface area contributed by atoms with Gasteiger partial charge in [-0.25, -0.2) is 0 Å². The van der Waals surface area contributed by atoms with Crippen molar-refractivity contribution in [1.82, 2.24) is 5.32 Å². The third-order valence-corrected chi connectivity index (χ3v) is 4.46. The average Bonchev–Trinajstić information content (AvgIpc) is 2.63. The number of rotatable bonds is 7. The molecule has 0 aromatic rings. The topological polar surface area (TPSA) is 12.0 Å². The van der Waals surface area contributed by atoms with Crippen LogP contribution < -0.4 is 5.32 Å². The highest BCUT2D eigenvalue weighted by Gasteiger charge is 2.26. The number of nitrogens with one attached hydrogen (secondary N) is 1. The number of hydrogen-bond donors (Lipinski definition) is 1. The molecular weight excluding hydrogens is 190 g/mol. The van der Waals surface area contributed by atoms with Crippen LogP contribution in [0.1, 0.15) is 52.4 Å². The fourth-order valence-corrected chi connectivity index (χ4v) is 3.62. The Hall–Kier alpha value is 0.310. The van der Waals surface area contributed by atoms with Gasteiger partial charge < -0.3 is 5.32 Å². The molecule has 0 aliphatic heterocycles. The summed E-state index contributed by atoms with van der Waals surface area (Å²) in [4.78, 5) is 0. The summed E-state index contributed by atoms with van der Waals surface area (Å²) < 4.78 is 0. The molecule has 1 fully saturated rings. The van der Waals surface area contributed by atoms with E-state index in [0.29, 0.717) is 0 Å². The molecule has 1 N–H and O–H groups in total. The first-order chi connectivity index (χ1) is 6.88. The van der Waals surface area contributed by atoms with Crippen molar-refractivity contribution in [2.45, 2.75) is 63.7 Å². The van der Waals surface area contributed by atoms with Crippen molar-refractivity contribution < 1.29 is 0 Å². The normalized spacial score (nSPS) is 27.0. The molecule has 0 amide bonds. The van der Waals surface area contributed by atoms with Crippen LogP contribution in [0, 0.1) is 0 Å². The van der Waals surface area contributed by atoms with Crippen LogP contribution in [-0.4, -0.2) is 23.6 Å². The van der Waals surface area contributed by atoms with Crippen LogP contribution in [0.15, 0.2) is 0 Å². The Bertz CT molecular complexity index is 138. The zero-order valence-corrected chi connectivity index (χ0v) is 10.5. The monoisotopic (exact) mass is 215 g/mol. The standard InChI is InChI=1S/C12H25NS/c1-3-5-10-14-12-8-6-7-11(12)13-9-4-2/h11-13H,3-10H2,1-2H3. The average molecular weight is 215 g/mol. The highest BCUT2D eigenvalue weighted by molar-refractivity contribution is 7.99. The maximum absolute atomic E-state index is 3.69. The molecule has 0 saturated heterocycles. The van der Waals surface area contributed by atoms with Crippen molar-refractivity contribution in [3.63, 3.8) is 0 Å².